The van der Waals surface area contributed by atoms with Gasteiger partial charge in [-0.2, -0.15) is 0 Å². The average molecular weight is 213 g/mol. The molecule has 3 nitrogen and oxygen atoms in total. The highest BCUT2D eigenvalue weighted by Crippen LogP contribution is 2.14. The van der Waals surface area contributed by atoms with Crippen molar-refractivity contribution >= 4 is 0 Å². The van der Waals surface area contributed by atoms with Crippen LogP contribution in [0.5, 0.6) is 0 Å². The largest absolute Gasteiger partial charge is 0.328 e. The van der Waals surface area contributed by atoms with E-state index >= 15 is 0 Å². The van der Waals surface area contributed by atoms with Gasteiger partial charge in [0.1, 0.15) is 0 Å². The van der Waals surface area contributed by atoms with E-state index in [4.69, 9.17) is 5.73 Å². The fourth-order valence-corrected chi connectivity index (χ4v) is 2.24. The Morgan fingerprint density at radius 1 is 1.40 bits per heavy atom. The molecule has 1 heterocycles. The molecule has 0 aromatic rings. The van der Waals surface area contributed by atoms with E-state index in [1.165, 1.54) is 45.3 Å². The Bertz CT molecular complexity index is 168. The maximum atomic E-state index is 5.73. The Hall–Kier alpha value is -0.120. The number of rotatable bonds is 6. The third kappa shape index (κ3) is 4.96. The second kappa shape index (κ2) is 6.46. The smallest absolute Gasteiger partial charge is 0.0229 e. The zero-order chi connectivity index (χ0) is 11.3. The van der Waals surface area contributed by atoms with Gasteiger partial charge in [0.05, 0.1) is 0 Å². The topological polar surface area (TPSA) is 32.5 Å². The van der Waals surface area contributed by atoms with Crippen LogP contribution in [0, 0.1) is 0 Å². The predicted octanol–water partition coefficient (Wildman–Crippen LogP) is 1.14. The molecular weight excluding hydrogens is 186 g/mol. The summed E-state index contributed by atoms with van der Waals surface area (Å²) in [6.45, 7) is 5.89. The van der Waals surface area contributed by atoms with Crippen LogP contribution in [0.15, 0.2) is 0 Å². The minimum absolute atomic E-state index is 0.373. The zero-order valence-corrected chi connectivity index (χ0v) is 10.6. The molecule has 2 unspecified atom stereocenters. The van der Waals surface area contributed by atoms with Crippen molar-refractivity contribution < 1.29 is 0 Å². The first-order valence-corrected chi connectivity index (χ1v) is 6.24. The van der Waals surface area contributed by atoms with E-state index < -0.39 is 0 Å². The Morgan fingerprint density at radius 2 is 2.13 bits per heavy atom. The van der Waals surface area contributed by atoms with Crippen LogP contribution in [0.1, 0.15) is 32.6 Å². The number of hydrogen-bond donors (Lipinski definition) is 1. The summed E-state index contributed by atoms with van der Waals surface area (Å²) in [6.07, 6.45) is 5.09. The molecule has 1 saturated heterocycles. The van der Waals surface area contributed by atoms with E-state index in [0.717, 1.165) is 6.04 Å². The highest BCUT2D eigenvalue weighted by Gasteiger charge is 2.22. The van der Waals surface area contributed by atoms with E-state index in [2.05, 4.69) is 30.8 Å². The van der Waals surface area contributed by atoms with Crippen LogP contribution in [0.2, 0.25) is 0 Å². The van der Waals surface area contributed by atoms with E-state index in [1.807, 2.05) is 0 Å². The van der Waals surface area contributed by atoms with E-state index in [0.29, 0.717) is 6.04 Å². The molecule has 0 radical (unpaired) electrons. The molecule has 15 heavy (non-hydrogen) atoms. The summed E-state index contributed by atoms with van der Waals surface area (Å²) in [7, 11) is 4.37. The van der Waals surface area contributed by atoms with Gasteiger partial charge in [0, 0.05) is 18.6 Å². The molecule has 1 fully saturated rings. The molecule has 1 aliphatic rings. The zero-order valence-electron chi connectivity index (χ0n) is 10.6. The van der Waals surface area contributed by atoms with Crippen LogP contribution in [-0.2, 0) is 0 Å². The van der Waals surface area contributed by atoms with Crippen molar-refractivity contribution in [3.05, 3.63) is 0 Å². The van der Waals surface area contributed by atoms with Gasteiger partial charge in [0.2, 0.25) is 0 Å². The molecule has 0 saturated carbocycles. The molecule has 0 aromatic carbocycles. The van der Waals surface area contributed by atoms with Crippen LogP contribution >= 0.6 is 0 Å². The average Bonchev–Trinajstić information content (AvgIpc) is 2.60. The summed E-state index contributed by atoms with van der Waals surface area (Å²) < 4.78 is 0. The van der Waals surface area contributed by atoms with Crippen molar-refractivity contribution in [3.63, 3.8) is 0 Å². The molecule has 2 atom stereocenters. The third-order valence-electron chi connectivity index (χ3n) is 3.36. The summed E-state index contributed by atoms with van der Waals surface area (Å²) in [5.41, 5.74) is 5.73. The quantitative estimate of drug-likeness (QED) is 0.672. The van der Waals surface area contributed by atoms with Gasteiger partial charge in [-0.15, -0.1) is 0 Å². The van der Waals surface area contributed by atoms with Gasteiger partial charge in [-0.05, 0) is 53.4 Å². The summed E-state index contributed by atoms with van der Waals surface area (Å²) in [6, 6.07) is 1.15. The van der Waals surface area contributed by atoms with Crippen molar-refractivity contribution in [2.75, 3.05) is 33.7 Å². The Labute approximate surface area is 94.6 Å². The van der Waals surface area contributed by atoms with Gasteiger partial charge >= 0.3 is 0 Å². The predicted molar refractivity (Wildman–Crippen MR) is 66.0 cm³/mol. The summed E-state index contributed by atoms with van der Waals surface area (Å²) >= 11 is 0. The van der Waals surface area contributed by atoms with Crippen LogP contribution in [-0.4, -0.2) is 55.6 Å². The first-order valence-electron chi connectivity index (χ1n) is 6.24. The fraction of sp³-hybridized carbons (Fsp3) is 1.00. The van der Waals surface area contributed by atoms with Crippen molar-refractivity contribution in [2.45, 2.75) is 44.7 Å². The lowest BCUT2D eigenvalue weighted by molar-refractivity contribution is 0.265. The van der Waals surface area contributed by atoms with E-state index in [1.54, 1.807) is 0 Å². The molecule has 0 aromatic heterocycles. The normalized spacial score (nSPS) is 25.0. The second-order valence-corrected chi connectivity index (χ2v) is 5.18. The molecule has 1 rings (SSSR count). The molecule has 1 aliphatic heterocycles. The number of nitrogens with zero attached hydrogens (tertiary/aromatic N) is 2. The van der Waals surface area contributed by atoms with Crippen LogP contribution in [0.3, 0.4) is 0 Å². The van der Waals surface area contributed by atoms with Crippen molar-refractivity contribution in [1.82, 2.24) is 9.80 Å². The summed E-state index contributed by atoms with van der Waals surface area (Å²) in [5, 5.41) is 0. The molecule has 0 amide bonds. The lowest BCUT2D eigenvalue weighted by atomic mass is 10.1. The van der Waals surface area contributed by atoms with Gasteiger partial charge in [-0.25, -0.2) is 0 Å². The van der Waals surface area contributed by atoms with Gasteiger partial charge in [-0.1, -0.05) is 6.42 Å². The number of likely N-dealkylation sites (N-methyl/N-ethyl adjacent to an activating group) is 1. The maximum Gasteiger partial charge on any atom is 0.0229 e. The molecule has 0 spiro atoms. The second-order valence-electron chi connectivity index (χ2n) is 5.18. The standard InChI is InChI=1S/C12H27N3/c1-11(13)6-4-5-8-15-9-7-12(10-15)14(2)3/h11-12H,4-10,13H2,1-3H3. The Balaban J connectivity index is 2.04. The monoisotopic (exact) mass is 213 g/mol. The molecule has 2 N–H and O–H groups in total. The van der Waals surface area contributed by atoms with Crippen LogP contribution in [0.25, 0.3) is 0 Å². The van der Waals surface area contributed by atoms with Gasteiger partial charge in [0.15, 0.2) is 0 Å². The van der Waals surface area contributed by atoms with Crippen LogP contribution in [0.4, 0.5) is 0 Å². The molecule has 90 valence electrons. The van der Waals surface area contributed by atoms with E-state index in [-0.39, 0.29) is 0 Å². The third-order valence-corrected chi connectivity index (χ3v) is 3.36. The summed E-state index contributed by atoms with van der Waals surface area (Å²) in [5.74, 6) is 0. The van der Waals surface area contributed by atoms with Gasteiger partial charge < -0.3 is 15.5 Å². The maximum absolute atomic E-state index is 5.73. The van der Waals surface area contributed by atoms with Crippen molar-refractivity contribution in [3.8, 4) is 0 Å². The number of likely N-dealkylation sites (tertiary alicyclic amines) is 1. The fourth-order valence-electron chi connectivity index (χ4n) is 2.24. The Kier molecular flexibility index (Phi) is 5.58. The number of unbranched alkanes of at least 4 members (excludes halogenated alkanes) is 1. The molecule has 0 bridgehead atoms. The highest BCUT2D eigenvalue weighted by molar-refractivity contribution is 4.80. The van der Waals surface area contributed by atoms with Gasteiger partial charge in [0.25, 0.3) is 0 Å². The van der Waals surface area contributed by atoms with Gasteiger partial charge in [-0.3, -0.25) is 0 Å². The first-order chi connectivity index (χ1) is 7.09. The minimum atomic E-state index is 0.373. The molecule has 0 aliphatic carbocycles. The lowest BCUT2D eigenvalue weighted by Crippen LogP contribution is -2.31. The van der Waals surface area contributed by atoms with Crippen LogP contribution < -0.4 is 5.73 Å². The molecule has 3 heteroatoms. The SMILES string of the molecule is CC(N)CCCCN1CCC(N(C)C)C1. The highest BCUT2D eigenvalue weighted by atomic mass is 15.2. The van der Waals surface area contributed by atoms with E-state index in [9.17, 15) is 0 Å². The first kappa shape index (κ1) is 12.9. The Morgan fingerprint density at radius 3 is 2.67 bits per heavy atom. The number of hydrogen-bond acceptors (Lipinski definition) is 3. The molecular formula is C12H27N3. The van der Waals surface area contributed by atoms with Crippen molar-refractivity contribution in [1.29, 1.82) is 0 Å². The van der Waals surface area contributed by atoms with Crippen molar-refractivity contribution in [2.24, 2.45) is 5.73 Å². The minimum Gasteiger partial charge on any atom is -0.328 e. The lowest BCUT2D eigenvalue weighted by Gasteiger charge is -2.20. The summed E-state index contributed by atoms with van der Waals surface area (Å²) in [4.78, 5) is 4.94. The number of nitrogens with two attached hydrogens (primary N) is 1.